The van der Waals surface area contributed by atoms with Crippen LogP contribution in [0.25, 0.3) is 10.9 Å². The molecule has 0 spiro atoms. The molecule has 0 atom stereocenters. The van der Waals surface area contributed by atoms with Gasteiger partial charge in [-0.3, -0.25) is 0 Å². The van der Waals surface area contributed by atoms with Gasteiger partial charge in [0.15, 0.2) is 0 Å². The number of fused-ring (bicyclic) bond motifs is 1. The lowest BCUT2D eigenvalue weighted by Crippen LogP contribution is -1.98. The standard InChI is InChI=1S/C15H9BrCl2FN/c16-12-5-9(1-2-14(12)19)8-20-4-3-11-13(18)6-10(17)7-15(11)20/h1-7H,8H2. The van der Waals surface area contributed by atoms with Crippen LogP contribution < -0.4 is 0 Å². The number of hydrogen-bond donors (Lipinski definition) is 0. The van der Waals surface area contributed by atoms with E-state index in [1.165, 1.54) is 6.07 Å². The fraction of sp³-hybridized carbons (Fsp3) is 0.0667. The number of hydrogen-bond acceptors (Lipinski definition) is 0. The number of rotatable bonds is 2. The van der Waals surface area contributed by atoms with E-state index in [4.69, 9.17) is 23.2 Å². The van der Waals surface area contributed by atoms with Gasteiger partial charge in [-0.25, -0.2) is 4.39 Å². The maximum atomic E-state index is 13.2. The Bertz CT molecular complexity index is 798. The van der Waals surface area contributed by atoms with Crippen LogP contribution in [0.15, 0.2) is 47.1 Å². The van der Waals surface area contributed by atoms with Crippen molar-refractivity contribution < 1.29 is 4.39 Å². The average Bonchev–Trinajstić information content (AvgIpc) is 2.77. The zero-order chi connectivity index (χ0) is 14.3. The molecule has 0 N–H and O–H groups in total. The molecule has 3 aromatic rings. The summed E-state index contributed by atoms with van der Waals surface area (Å²) in [5.74, 6) is -0.266. The highest BCUT2D eigenvalue weighted by atomic mass is 79.9. The van der Waals surface area contributed by atoms with Crippen molar-refractivity contribution in [3.63, 3.8) is 0 Å². The third-order valence-electron chi connectivity index (χ3n) is 3.14. The lowest BCUT2D eigenvalue weighted by Gasteiger charge is -2.07. The van der Waals surface area contributed by atoms with Crippen molar-refractivity contribution in [2.24, 2.45) is 0 Å². The summed E-state index contributed by atoms with van der Waals surface area (Å²) in [5.41, 5.74) is 1.95. The summed E-state index contributed by atoms with van der Waals surface area (Å²) in [6.45, 7) is 0.624. The minimum atomic E-state index is -0.266. The van der Waals surface area contributed by atoms with Gasteiger partial charge >= 0.3 is 0 Å². The van der Waals surface area contributed by atoms with Crippen LogP contribution >= 0.6 is 39.1 Å². The van der Waals surface area contributed by atoms with Crippen LogP contribution in [0.2, 0.25) is 10.0 Å². The molecular weight excluding hydrogens is 364 g/mol. The first kappa shape index (κ1) is 13.9. The molecule has 0 radical (unpaired) electrons. The first-order valence-corrected chi connectivity index (χ1v) is 7.47. The molecule has 0 fully saturated rings. The Morgan fingerprint density at radius 2 is 1.90 bits per heavy atom. The Morgan fingerprint density at radius 3 is 2.65 bits per heavy atom. The van der Waals surface area contributed by atoms with Crippen LogP contribution in [-0.2, 0) is 6.54 Å². The van der Waals surface area contributed by atoms with Gasteiger partial charge in [0.05, 0.1) is 15.0 Å². The Kier molecular flexibility index (Phi) is 3.76. The van der Waals surface area contributed by atoms with Crippen molar-refractivity contribution in [1.82, 2.24) is 4.57 Å². The molecule has 0 saturated heterocycles. The second-order valence-electron chi connectivity index (χ2n) is 4.51. The maximum absolute atomic E-state index is 13.2. The number of aromatic nitrogens is 1. The first-order chi connectivity index (χ1) is 9.54. The fourth-order valence-electron chi connectivity index (χ4n) is 2.19. The normalized spacial score (nSPS) is 11.2. The highest BCUT2D eigenvalue weighted by Gasteiger charge is 2.08. The Hall–Kier alpha value is -1.03. The minimum absolute atomic E-state index is 0.266. The van der Waals surface area contributed by atoms with Gasteiger partial charge in [-0.1, -0.05) is 29.3 Å². The van der Waals surface area contributed by atoms with E-state index in [1.807, 2.05) is 22.9 Å². The molecule has 3 rings (SSSR count). The molecule has 1 heterocycles. The van der Waals surface area contributed by atoms with Gasteiger partial charge in [-0.05, 0) is 51.8 Å². The van der Waals surface area contributed by atoms with Gasteiger partial charge in [0.25, 0.3) is 0 Å². The van der Waals surface area contributed by atoms with E-state index in [-0.39, 0.29) is 5.82 Å². The van der Waals surface area contributed by atoms with Crippen molar-refractivity contribution >= 4 is 50.0 Å². The summed E-state index contributed by atoms with van der Waals surface area (Å²) in [6.07, 6.45) is 1.95. The number of nitrogens with zero attached hydrogens (tertiary/aromatic N) is 1. The summed E-state index contributed by atoms with van der Waals surface area (Å²) in [5, 5.41) is 2.19. The predicted octanol–water partition coefficient (Wildman–Crippen LogP) is 5.90. The SMILES string of the molecule is Fc1ccc(Cn2ccc3c(Cl)cc(Cl)cc32)cc1Br. The van der Waals surface area contributed by atoms with Gasteiger partial charge in [-0.2, -0.15) is 0 Å². The summed E-state index contributed by atoms with van der Waals surface area (Å²) >= 11 is 15.4. The Morgan fingerprint density at radius 1 is 1.10 bits per heavy atom. The molecule has 102 valence electrons. The predicted molar refractivity (Wildman–Crippen MR) is 85.2 cm³/mol. The van der Waals surface area contributed by atoms with E-state index in [9.17, 15) is 4.39 Å². The van der Waals surface area contributed by atoms with Crippen LogP contribution in [-0.4, -0.2) is 4.57 Å². The molecule has 0 aliphatic carbocycles. The summed E-state index contributed by atoms with van der Waals surface area (Å²) < 4.78 is 15.7. The second-order valence-corrected chi connectivity index (χ2v) is 6.21. The Labute approximate surface area is 134 Å². The number of benzene rings is 2. The van der Waals surface area contributed by atoms with Crippen LogP contribution in [0.5, 0.6) is 0 Å². The topological polar surface area (TPSA) is 4.93 Å². The molecule has 1 aromatic heterocycles. The second kappa shape index (κ2) is 5.40. The summed E-state index contributed by atoms with van der Waals surface area (Å²) in [7, 11) is 0. The molecular formula is C15H9BrCl2FN. The van der Waals surface area contributed by atoms with Gasteiger partial charge in [0.1, 0.15) is 5.82 Å². The van der Waals surface area contributed by atoms with Crippen molar-refractivity contribution in [3.8, 4) is 0 Å². The van der Waals surface area contributed by atoms with Gasteiger partial charge in [0, 0.05) is 23.2 Å². The lowest BCUT2D eigenvalue weighted by atomic mass is 10.2. The highest BCUT2D eigenvalue weighted by molar-refractivity contribution is 9.10. The van der Waals surface area contributed by atoms with Crippen LogP contribution in [0.3, 0.4) is 0 Å². The molecule has 0 aliphatic heterocycles. The van der Waals surface area contributed by atoms with E-state index in [2.05, 4.69) is 15.9 Å². The molecule has 5 heteroatoms. The molecule has 0 amide bonds. The van der Waals surface area contributed by atoms with Crippen molar-refractivity contribution in [3.05, 3.63) is 68.5 Å². The molecule has 20 heavy (non-hydrogen) atoms. The van der Waals surface area contributed by atoms with Crippen molar-refractivity contribution in [1.29, 1.82) is 0 Å². The monoisotopic (exact) mass is 371 g/mol. The van der Waals surface area contributed by atoms with Crippen LogP contribution in [0.1, 0.15) is 5.56 Å². The quantitative estimate of drug-likeness (QED) is 0.527. The largest absolute Gasteiger partial charge is 0.343 e. The maximum Gasteiger partial charge on any atom is 0.137 e. The van der Waals surface area contributed by atoms with Gasteiger partial charge in [-0.15, -0.1) is 0 Å². The third kappa shape index (κ3) is 2.58. The van der Waals surface area contributed by atoms with Crippen molar-refractivity contribution in [2.75, 3.05) is 0 Å². The van der Waals surface area contributed by atoms with E-state index in [1.54, 1.807) is 18.2 Å². The molecule has 0 unspecified atom stereocenters. The van der Waals surface area contributed by atoms with Gasteiger partial charge < -0.3 is 4.57 Å². The van der Waals surface area contributed by atoms with Crippen molar-refractivity contribution in [2.45, 2.75) is 6.54 Å². The first-order valence-electron chi connectivity index (χ1n) is 5.92. The van der Waals surface area contributed by atoms with Crippen LogP contribution in [0.4, 0.5) is 4.39 Å². The van der Waals surface area contributed by atoms with Gasteiger partial charge in [0.2, 0.25) is 0 Å². The van der Waals surface area contributed by atoms with E-state index in [0.29, 0.717) is 21.1 Å². The Balaban J connectivity index is 2.04. The highest BCUT2D eigenvalue weighted by Crippen LogP contribution is 2.29. The lowest BCUT2D eigenvalue weighted by molar-refractivity contribution is 0.619. The zero-order valence-corrected chi connectivity index (χ0v) is 13.3. The number of halogens is 4. The average molecular weight is 373 g/mol. The van der Waals surface area contributed by atoms with E-state index >= 15 is 0 Å². The zero-order valence-electron chi connectivity index (χ0n) is 10.2. The molecule has 0 aliphatic rings. The fourth-order valence-corrected chi connectivity index (χ4v) is 3.16. The summed E-state index contributed by atoms with van der Waals surface area (Å²) in [6, 6.07) is 10.5. The molecule has 2 aromatic carbocycles. The van der Waals surface area contributed by atoms with Crippen LogP contribution in [0, 0.1) is 5.82 Å². The molecule has 0 bridgehead atoms. The smallest absolute Gasteiger partial charge is 0.137 e. The van der Waals surface area contributed by atoms with E-state index in [0.717, 1.165) is 16.5 Å². The third-order valence-corrected chi connectivity index (χ3v) is 4.28. The molecule has 1 nitrogen and oxygen atoms in total. The van der Waals surface area contributed by atoms with E-state index < -0.39 is 0 Å². The molecule has 0 saturated carbocycles. The minimum Gasteiger partial charge on any atom is -0.343 e. The summed E-state index contributed by atoms with van der Waals surface area (Å²) in [4.78, 5) is 0.